The number of benzene rings is 2. The van der Waals surface area contributed by atoms with Gasteiger partial charge in [-0.1, -0.05) is 69.3 Å². The molecule has 0 radical (unpaired) electrons. The molecule has 0 aliphatic carbocycles. The van der Waals surface area contributed by atoms with Gasteiger partial charge in [0.15, 0.2) is 6.61 Å². The van der Waals surface area contributed by atoms with Crippen LogP contribution in [0.2, 0.25) is 0 Å². The summed E-state index contributed by atoms with van der Waals surface area (Å²) < 4.78 is 5.49. The van der Waals surface area contributed by atoms with Gasteiger partial charge >= 0.3 is 0 Å². The van der Waals surface area contributed by atoms with Crippen molar-refractivity contribution in [3.63, 3.8) is 0 Å². The highest BCUT2D eigenvalue weighted by Gasteiger charge is 2.13. The first kappa shape index (κ1) is 19.4. The largest absolute Gasteiger partial charge is 0.484 e. The Hall–Kier alpha value is -2.88. The predicted octanol–water partition coefficient (Wildman–Crippen LogP) is 4.57. The van der Waals surface area contributed by atoms with Crippen LogP contribution < -0.4 is 10.2 Å². The molecule has 2 rings (SSSR count). The van der Waals surface area contributed by atoms with E-state index >= 15 is 0 Å². The van der Waals surface area contributed by atoms with E-state index in [-0.39, 0.29) is 17.9 Å². The van der Waals surface area contributed by atoms with Crippen LogP contribution in [0.15, 0.2) is 65.3 Å². The first-order valence-electron chi connectivity index (χ1n) is 8.63. The lowest BCUT2D eigenvalue weighted by atomic mass is 9.87. The van der Waals surface area contributed by atoms with Crippen molar-refractivity contribution >= 4 is 18.2 Å². The zero-order valence-corrected chi connectivity index (χ0v) is 15.8. The Bertz CT molecular complexity index is 770. The van der Waals surface area contributed by atoms with Gasteiger partial charge in [0.1, 0.15) is 5.75 Å². The van der Waals surface area contributed by atoms with Gasteiger partial charge in [-0.15, -0.1) is 0 Å². The molecule has 0 heterocycles. The molecule has 0 aromatic heterocycles. The van der Waals surface area contributed by atoms with Crippen molar-refractivity contribution in [3.05, 3.63) is 71.3 Å². The van der Waals surface area contributed by atoms with Gasteiger partial charge in [0.25, 0.3) is 5.91 Å². The molecule has 0 saturated heterocycles. The maximum absolute atomic E-state index is 11.8. The summed E-state index contributed by atoms with van der Waals surface area (Å²) in [4.78, 5) is 11.8. The lowest BCUT2D eigenvalue weighted by Crippen LogP contribution is -2.24. The standard InChI is InChI=1S/C22H26N2O2/c1-17(14-18-8-6-5-7-9-18)15-23-24-21(25)16-26-20-12-10-19(11-13-20)22(2,3)4/h5-15H,16H2,1-4H3,(H,24,25)/b17-14+,23-15+. The molecule has 0 fully saturated rings. The maximum Gasteiger partial charge on any atom is 0.277 e. The second kappa shape index (κ2) is 8.99. The monoisotopic (exact) mass is 350 g/mol. The number of hydrogen-bond donors (Lipinski definition) is 1. The average molecular weight is 350 g/mol. The summed E-state index contributed by atoms with van der Waals surface area (Å²) in [6, 6.07) is 17.7. The van der Waals surface area contributed by atoms with Crippen molar-refractivity contribution in [2.24, 2.45) is 5.10 Å². The SMILES string of the molecule is CC(/C=N/NC(=O)COc1ccc(C(C)(C)C)cc1)=C\c1ccccc1. The Morgan fingerprint density at radius 3 is 2.35 bits per heavy atom. The van der Waals surface area contributed by atoms with Crippen molar-refractivity contribution in [1.82, 2.24) is 5.43 Å². The van der Waals surface area contributed by atoms with E-state index in [0.29, 0.717) is 5.75 Å². The van der Waals surface area contributed by atoms with Gasteiger partial charge in [0.05, 0.1) is 6.21 Å². The highest BCUT2D eigenvalue weighted by molar-refractivity contribution is 5.86. The van der Waals surface area contributed by atoms with E-state index in [4.69, 9.17) is 4.74 Å². The van der Waals surface area contributed by atoms with Crippen LogP contribution in [0, 0.1) is 0 Å². The molecule has 0 aliphatic heterocycles. The van der Waals surface area contributed by atoms with Crippen LogP contribution in [0.5, 0.6) is 5.75 Å². The van der Waals surface area contributed by atoms with Gasteiger partial charge in [-0.2, -0.15) is 5.10 Å². The van der Waals surface area contributed by atoms with Crippen molar-refractivity contribution < 1.29 is 9.53 Å². The summed E-state index contributed by atoms with van der Waals surface area (Å²) in [5.41, 5.74) is 5.81. The number of carbonyl (C=O) groups excluding carboxylic acids is 1. The smallest absolute Gasteiger partial charge is 0.277 e. The molecule has 0 spiro atoms. The minimum atomic E-state index is -0.298. The van der Waals surface area contributed by atoms with Gasteiger partial charge in [-0.05, 0) is 41.2 Å². The van der Waals surface area contributed by atoms with Crippen molar-refractivity contribution in [2.75, 3.05) is 6.61 Å². The van der Waals surface area contributed by atoms with E-state index in [1.54, 1.807) is 6.21 Å². The van der Waals surface area contributed by atoms with Crippen LogP contribution in [0.25, 0.3) is 6.08 Å². The van der Waals surface area contributed by atoms with Crippen LogP contribution in [0.1, 0.15) is 38.8 Å². The molecule has 0 bridgehead atoms. The van der Waals surface area contributed by atoms with E-state index in [1.807, 2.05) is 67.6 Å². The summed E-state index contributed by atoms with van der Waals surface area (Å²) in [5, 5.41) is 3.95. The number of rotatable bonds is 6. The fourth-order valence-corrected chi connectivity index (χ4v) is 2.29. The lowest BCUT2D eigenvalue weighted by Gasteiger charge is -2.19. The minimum absolute atomic E-state index is 0.0757. The zero-order chi connectivity index (χ0) is 19.0. The Morgan fingerprint density at radius 1 is 1.08 bits per heavy atom. The number of ether oxygens (including phenoxy) is 1. The summed E-state index contributed by atoms with van der Waals surface area (Å²) in [6.45, 7) is 8.32. The van der Waals surface area contributed by atoms with Crippen LogP contribution in [-0.4, -0.2) is 18.7 Å². The molecule has 136 valence electrons. The van der Waals surface area contributed by atoms with Gasteiger partial charge < -0.3 is 4.74 Å². The zero-order valence-electron chi connectivity index (χ0n) is 15.8. The van der Waals surface area contributed by atoms with Crippen LogP contribution in [0.4, 0.5) is 0 Å². The third kappa shape index (κ3) is 6.55. The average Bonchev–Trinajstić information content (AvgIpc) is 2.60. The molecule has 4 nitrogen and oxygen atoms in total. The molecule has 0 atom stereocenters. The summed E-state index contributed by atoms with van der Waals surface area (Å²) in [7, 11) is 0. The summed E-state index contributed by atoms with van der Waals surface area (Å²) in [5.74, 6) is 0.367. The molecule has 1 amide bonds. The third-order valence-electron chi connectivity index (χ3n) is 3.74. The fraction of sp³-hybridized carbons (Fsp3) is 0.273. The second-order valence-electron chi connectivity index (χ2n) is 7.16. The van der Waals surface area contributed by atoms with Gasteiger partial charge in [0.2, 0.25) is 0 Å². The van der Waals surface area contributed by atoms with Crippen molar-refractivity contribution in [3.8, 4) is 5.75 Å². The number of amides is 1. The predicted molar refractivity (Wildman–Crippen MR) is 107 cm³/mol. The topological polar surface area (TPSA) is 50.7 Å². The van der Waals surface area contributed by atoms with Gasteiger partial charge in [0, 0.05) is 0 Å². The highest BCUT2D eigenvalue weighted by Crippen LogP contribution is 2.24. The van der Waals surface area contributed by atoms with E-state index < -0.39 is 0 Å². The summed E-state index contributed by atoms with van der Waals surface area (Å²) >= 11 is 0. The number of carbonyl (C=O) groups is 1. The fourth-order valence-electron chi connectivity index (χ4n) is 2.29. The number of hydrazone groups is 1. The molecular formula is C22H26N2O2. The molecule has 4 heteroatoms. The van der Waals surface area contributed by atoms with E-state index in [0.717, 1.165) is 11.1 Å². The van der Waals surface area contributed by atoms with Crippen LogP contribution >= 0.6 is 0 Å². The third-order valence-corrected chi connectivity index (χ3v) is 3.74. The number of allylic oxidation sites excluding steroid dienone is 1. The Kier molecular flexibility index (Phi) is 6.73. The second-order valence-corrected chi connectivity index (χ2v) is 7.16. The molecule has 1 N–H and O–H groups in total. The minimum Gasteiger partial charge on any atom is -0.484 e. The first-order chi connectivity index (χ1) is 12.3. The van der Waals surface area contributed by atoms with Gasteiger partial charge in [-0.3, -0.25) is 4.79 Å². The number of nitrogens with zero attached hydrogens (tertiary/aromatic N) is 1. The maximum atomic E-state index is 11.8. The van der Waals surface area contributed by atoms with E-state index in [9.17, 15) is 4.79 Å². The molecule has 2 aromatic rings. The Balaban J connectivity index is 1.79. The van der Waals surface area contributed by atoms with E-state index in [2.05, 4.69) is 31.3 Å². The highest BCUT2D eigenvalue weighted by atomic mass is 16.5. The summed E-state index contributed by atoms with van der Waals surface area (Å²) in [6.07, 6.45) is 3.60. The van der Waals surface area contributed by atoms with Crippen LogP contribution in [0.3, 0.4) is 0 Å². The molecule has 0 aliphatic rings. The molecule has 0 unspecified atom stereocenters. The lowest BCUT2D eigenvalue weighted by molar-refractivity contribution is -0.123. The van der Waals surface area contributed by atoms with Crippen molar-refractivity contribution in [2.45, 2.75) is 33.1 Å². The van der Waals surface area contributed by atoms with Crippen molar-refractivity contribution in [1.29, 1.82) is 0 Å². The van der Waals surface area contributed by atoms with Gasteiger partial charge in [-0.25, -0.2) is 5.43 Å². The Labute approximate surface area is 155 Å². The van der Waals surface area contributed by atoms with E-state index in [1.165, 1.54) is 5.56 Å². The first-order valence-corrected chi connectivity index (χ1v) is 8.63. The quantitative estimate of drug-likeness (QED) is 0.613. The molecular weight excluding hydrogens is 324 g/mol. The normalized spacial score (nSPS) is 12.2. The number of hydrogen-bond acceptors (Lipinski definition) is 3. The Morgan fingerprint density at radius 2 is 1.73 bits per heavy atom. The molecule has 26 heavy (non-hydrogen) atoms. The number of nitrogens with one attached hydrogen (secondary N) is 1. The van der Waals surface area contributed by atoms with Crippen LogP contribution in [-0.2, 0) is 10.2 Å². The molecule has 0 saturated carbocycles. The molecule has 2 aromatic carbocycles.